The van der Waals surface area contributed by atoms with Crippen molar-refractivity contribution in [2.75, 3.05) is 66.3 Å². The van der Waals surface area contributed by atoms with E-state index in [-0.39, 0.29) is 22.6 Å². The number of nitrogens with zero attached hydrogens (tertiary/aromatic N) is 5. The van der Waals surface area contributed by atoms with Crippen molar-refractivity contribution in [2.45, 2.75) is 0 Å². The molecule has 0 radical (unpaired) electrons. The zero-order valence-corrected chi connectivity index (χ0v) is 20.7. The number of nitrogens with two attached hydrogens (primary N) is 1. The van der Waals surface area contributed by atoms with Gasteiger partial charge in [0.15, 0.2) is 5.82 Å². The number of nitrogen functional groups attached to an aromatic ring is 1. The molecule has 1 amide bonds. The summed E-state index contributed by atoms with van der Waals surface area (Å²) >= 11 is 3.61. The molecule has 0 saturated carbocycles. The monoisotopic (exact) mass is 541 g/mol. The van der Waals surface area contributed by atoms with Gasteiger partial charge in [-0.2, -0.15) is 0 Å². The molecule has 11 nitrogen and oxygen atoms in total. The number of piperazine rings is 1. The fourth-order valence-corrected chi connectivity index (χ4v) is 4.25. The molecule has 12 heteroatoms. The molecule has 184 valence electrons. The Labute approximate surface area is 211 Å². The third-order valence-corrected chi connectivity index (χ3v) is 6.24. The van der Waals surface area contributed by atoms with Crippen LogP contribution in [0.3, 0.4) is 0 Å². The van der Waals surface area contributed by atoms with E-state index in [1.807, 2.05) is 48.3 Å². The summed E-state index contributed by atoms with van der Waals surface area (Å²) < 4.78 is 0.890. The Kier molecular flexibility index (Phi) is 7.66. The SMILES string of the molecule is CN1CCN(c2ccc(NCCNc3ccc(N([O-])O)c(N)n3)nc2-c2ccccc2Br)C(=O)C1. The largest absolute Gasteiger partial charge is 0.733 e. The summed E-state index contributed by atoms with van der Waals surface area (Å²) in [5.41, 5.74) is 7.95. The molecule has 1 saturated heterocycles. The Bertz CT molecular complexity index is 1210. The van der Waals surface area contributed by atoms with Crippen LogP contribution >= 0.6 is 15.9 Å². The van der Waals surface area contributed by atoms with Gasteiger partial charge in [-0.25, -0.2) is 9.97 Å². The van der Waals surface area contributed by atoms with Crippen molar-refractivity contribution in [3.8, 4) is 11.3 Å². The minimum Gasteiger partial charge on any atom is -0.733 e. The lowest BCUT2D eigenvalue weighted by molar-refractivity contribution is -0.120. The van der Waals surface area contributed by atoms with Crippen LogP contribution < -0.4 is 26.5 Å². The van der Waals surface area contributed by atoms with Crippen molar-refractivity contribution in [3.63, 3.8) is 0 Å². The normalized spacial score (nSPS) is 14.2. The molecule has 0 aliphatic carbocycles. The van der Waals surface area contributed by atoms with Gasteiger partial charge in [0.2, 0.25) is 5.91 Å². The maximum atomic E-state index is 12.8. The van der Waals surface area contributed by atoms with E-state index in [0.29, 0.717) is 43.5 Å². The molecule has 1 aromatic carbocycles. The van der Waals surface area contributed by atoms with Crippen LogP contribution in [0.4, 0.5) is 28.8 Å². The topological polar surface area (TPSA) is 146 Å². The second kappa shape index (κ2) is 10.9. The van der Waals surface area contributed by atoms with Gasteiger partial charge in [0.05, 0.1) is 23.6 Å². The molecule has 5 N–H and O–H groups in total. The summed E-state index contributed by atoms with van der Waals surface area (Å²) in [7, 11) is 1.94. The molecule has 2 aromatic heterocycles. The van der Waals surface area contributed by atoms with Gasteiger partial charge in [-0.3, -0.25) is 14.9 Å². The van der Waals surface area contributed by atoms with E-state index in [1.165, 1.54) is 6.07 Å². The molecule has 0 unspecified atom stereocenters. The van der Waals surface area contributed by atoms with E-state index in [4.69, 9.17) is 15.9 Å². The van der Waals surface area contributed by atoms with Crippen molar-refractivity contribution in [1.29, 1.82) is 0 Å². The molecule has 0 spiro atoms. The van der Waals surface area contributed by atoms with Gasteiger partial charge in [0.25, 0.3) is 0 Å². The highest BCUT2D eigenvalue weighted by atomic mass is 79.9. The minimum absolute atomic E-state index is 0.0397. The number of halogens is 1. The Morgan fingerprint density at radius 3 is 2.43 bits per heavy atom. The highest BCUT2D eigenvalue weighted by Gasteiger charge is 2.26. The quantitative estimate of drug-likeness (QED) is 0.248. The Hall–Kier alpha value is -3.45. The first kappa shape index (κ1) is 24.7. The zero-order valence-electron chi connectivity index (χ0n) is 19.1. The number of hydrogen-bond acceptors (Lipinski definition) is 10. The van der Waals surface area contributed by atoms with E-state index >= 15 is 0 Å². The molecule has 3 heterocycles. The van der Waals surface area contributed by atoms with Crippen molar-refractivity contribution < 1.29 is 10.0 Å². The fourth-order valence-electron chi connectivity index (χ4n) is 3.77. The number of rotatable bonds is 8. The van der Waals surface area contributed by atoms with Crippen LogP contribution in [0, 0.1) is 5.21 Å². The van der Waals surface area contributed by atoms with Gasteiger partial charge in [-0.05, 0) is 37.4 Å². The predicted octanol–water partition coefficient (Wildman–Crippen LogP) is 2.98. The lowest BCUT2D eigenvalue weighted by Gasteiger charge is -2.33. The predicted molar refractivity (Wildman–Crippen MR) is 140 cm³/mol. The van der Waals surface area contributed by atoms with Crippen molar-refractivity contribution in [2.24, 2.45) is 0 Å². The van der Waals surface area contributed by atoms with Crippen LogP contribution in [0.25, 0.3) is 11.3 Å². The van der Waals surface area contributed by atoms with Crippen molar-refractivity contribution >= 4 is 50.7 Å². The number of nitrogens with one attached hydrogen (secondary N) is 2. The Morgan fingerprint density at radius 1 is 1.09 bits per heavy atom. The van der Waals surface area contributed by atoms with Gasteiger partial charge in [0.1, 0.15) is 11.6 Å². The third-order valence-electron chi connectivity index (χ3n) is 5.55. The van der Waals surface area contributed by atoms with E-state index < -0.39 is 0 Å². The standard InChI is InChI=1S/C23H26BrN8O3/c1-30-12-13-31(21(33)14-30)17-6-8-19(28-22(17)15-4-2-3-5-16(15)24)26-10-11-27-20-9-7-18(32(34)35)23(25)29-20/h2-9,34H,10-14H2,1H3,(H,26,28)(H3,25,27,29)/q-1. The molecule has 35 heavy (non-hydrogen) atoms. The van der Waals surface area contributed by atoms with Gasteiger partial charge < -0.3 is 31.7 Å². The number of benzene rings is 1. The highest BCUT2D eigenvalue weighted by molar-refractivity contribution is 9.10. The van der Waals surface area contributed by atoms with E-state index in [0.717, 1.165) is 22.3 Å². The van der Waals surface area contributed by atoms with Crippen LogP contribution in [0.1, 0.15) is 0 Å². The number of amides is 1. The number of pyridine rings is 2. The number of carbonyl (C=O) groups excluding carboxylic acids is 1. The zero-order chi connectivity index (χ0) is 24.9. The number of likely N-dealkylation sites (N-methyl/N-ethyl adjacent to an activating group) is 1. The second-order valence-electron chi connectivity index (χ2n) is 8.05. The van der Waals surface area contributed by atoms with Gasteiger partial charge in [-0.1, -0.05) is 34.1 Å². The number of hydrogen-bond donors (Lipinski definition) is 4. The smallest absolute Gasteiger partial charge is 0.241 e. The number of aromatic nitrogens is 2. The maximum absolute atomic E-state index is 12.8. The molecular weight excluding hydrogens is 516 g/mol. The van der Waals surface area contributed by atoms with E-state index in [2.05, 4.69) is 31.5 Å². The van der Waals surface area contributed by atoms with E-state index in [1.54, 1.807) is 11.0 Å². The highest BCUT2D eigenvalue weighted by Crippen LogP contribution is 2.35. The Morgan fingerprint density at radius 2 is 1.77 bits per heavy atom. The molecule has 0 bridgehead atoms. The molecule has 1 aliphatic rings. The van der Waals surface area contributed by atoms with Crippen LogP contribution in [-0.2, 0) is 4.79 Å². The lowest BCUT2D eigenvalue weighted by atomic mass is 10.1. The van der Waals surface area contributed by atoms with Gasteiger partial charge in [0, 0.05) is 36.2 Å². The van der Waals surface area contributed by atoms with Crippen LogP contribution in [0.2, 0.25) is 0 Å². The van der Waals surface area contributed by atoms with Crippen LogP contribution in [-0.4, -0.2) is 65.8 Å². The second-order valence-corrected chi connectivity index (χ2v) is 8.91. The first-order valence-corrected chi connectivity index (χ1v) is 11.8. The summed E-state index contributed by atoms with van der Waals surface area (Å²) in [6.07, 6.45) is 0. The molecule has 0 atom stereocenters. The summed E-state index contributed by atoms with van der Waals surface area (Å²) in [4.78, 5) is 25.5. The number of anilines is 5. The fraction of sp³-hybridized carbons (Fsp3) is 0.261. The van der Waals surface area contributed by atoms with Crippen LogP contribution in [0.5, 0.6) is 0 Å². The average molecular weight is 542 g/mol. The molecule has 3 aromatic rings. The van der Waals surface area contributed by atoms with Crippen molar-refractivity contribution in [1.82, 2.24) is 14.9 Å². The molecular formula is C23H26BrN8O3-. The molecule has 4 rings (SSSR count). The summed E-state index contributed by atoms with van der Waals surface area (Å²) in [5.74, 6) is 1.10. The Balaban J connectivity index is 1.49. The number of carbonyl (C=O) groups is 1. The molecule has 1 fully saturated rings. The minimum atomic E-state index is -0.318. The summed E-state index contributed by atoms with van der Waals surface area (Å²) in [6, 6.07) is 14.5. The summed E-state index contributed by atoms with van der Waals surface area (Å²) in [6.45, 7) is 2.77. The van der Waals surface area contributed by atoms with Crippen LogP contribution in [0.15, 0.2) is 53.0 Å². The maximum Gasteiger partial charge on any atom is 0.241 e. The third kappa shape index (κ3) is 5.80. The lowest BCUT2D eigenvalue weighted by Crippen LogP contribution is -2.49. The summed E-state index contributed by atoms with van der Waals surface area (Å²) in [5, 5.41) is 26.0. The van der Waals surface area contributed by atoms with Gasteiger partial charge >= 0.3 is 0 Å². The average Bonchev–Trinajstić information content (AvgIpc) is 2.82. The van der Waals surface area contributed by atoms with Crippen molar-refractivity contribution in [3.05, 3.63) is 58.2 Å². The molecule has 1 aliphatic heterocycles. The van der Waals surface area contributed by atoms with E-state index in [9.17, 15) is 10.0 Å². The van der Waals surface area contributed by atoms with Gasteiger partial charge in [-0.15, -0.1) is 0 Å². The first-order chi connectivity index (χ1) is 16.8. The first-order valence-electron chi connectivity index (χ1n) is 11.0.